The molecule has 188 valence electrons. The fourth-order valence-corrected chi connectivity index (χ4v) is 4.22. The molecule has 0 aliphatic rings. The molecule has 4 rings (SSSR count). The molecule has 0 bridgehead atoms. The maximum atomic E-state index is 13.5. The van der Waals surface area contributed by atoms with Crippen LogP contribution in [0.25, 0.3) is 10.9 Å². The number of benzene rings is 3. The number of aromatic nitrogens is 1. The number of halogens is 3. The predicted octanol–water partition coefficient (Wildman–Crippen LogP) is 5.86. The van der Waals surface area contributed by atoms with Crippen molar-refractivity contribution in [2.24, 2.45) is 0 Å². The second-order valence-corrected chi connectivity index (χ2v) is 8.45. The largest absolute Gasteiger partial charge is 0.465 e. The first-order valence-electron chi connectivity index (χ1n) is 11.3. The van der Waals surface area contributed by atoms with Crippen LogP contribution in [0.2, 0.25) is 0 Å². The summed E-state index contributed by atoms with van der Waals surface area (Å²) in [5, 5.41) is 13.3. The number of hydrogen-bond donors (Lipinski definition) is 1. The number of nitrogens with zero attached hydrogens (tertiary/aromatic N) is 2. The average Bonchev–Trinajstić information content (AvgIpc) is 3.21. The molecular formula is C28H22F3N3O3. The summed E-state index contributed by atoms with van der Waals surface area (Å²) in [6.45, 7) is 1.70. The Labute approximate surface area is 210 Å². The van der Waals surface area contributed by atoms with E-state index in [0.29, 0.717) is 27.6 Å². The summed E-state index contributed by atoms with van der Waals surface area (Å²) in [6.07, 6.45) is -4.51. The van der Waals surface area contributed by atoms with E-state index in [0.717, 1.165) is 12.1 Å². The number of esters is 1. The van der Waals surface area contributed by atoms with Gasteiger partial charge in [-0.3, -0.25) is 4.79 Å². The highest BCUT2D eigenvalue weighted by molar-refractivity contribution is 6.03. The number of ether oxygens (including phenoxy) is 1. The fourth-order valence-electron chi connectivity index (χ4n) is 4.22. The minimum Gasteiger partial charge on any atom is -0.465 e. The van der Waals surface area contributed by atoms with E-state index in [1.165, 1.54) is 13.2 Å². The third-order valence-electron chi connectivity index (χ3n) is 6.07. The van der Waals surface area contributed by atoms with Crippen LogP contribution < -0.4 is 5.32 Å². The van der Waals surface area contributed by atoms with E-state index < -0.39 is 29.7 Å². The minimum absolute atomic E-state index is 0.0446. The van der Waals surface area contributed by atoms with Crippen molar-refractivity contribution in [2.75, 3.05) is 7.11 Å². The average molecular weight is 505 g/mol. The maximum Gasteiger partial charge on any atom is 0.416 e. The van der Waals surface area contributed by atoms with Crippen molar-refractivity contribution in [3.63, 3.8) is 0 Å². The molecule has 0 spiro atoms. The molecule has 0 saturated carbocycles. The number of amides is 1. The van der Waals surface area contributed by atoms with Crippen LogP contribution in [-0.4, -0.2) is 23.6 Å². The summed E-state index contributed by atoms with van der Waals surface area (Å²) in [6, 6.07) is 19.9. The van der Waals surface area contributed by atoms with Gasteiger partial charge < -0.3 is 14.6 Å². The van der Waals surface area contributed by atoms with E-state index in [1.807, 2.05) is 0 Å². The van der Waals surface area contributed by atoms with Gasteiger partial charge in [0.05, 0.1) is 35.4 Å². The summed E-state index contributed by atoms with van der Waals surface area (Å²) >= 11 is 0. The molecule has 0 aliphatic carbocycles. The van der Waals surface area contributed by atoms with Gasteiger partial charge in [-0.1, -0.05) is 42.5 Å². The number of rotatable bonds is 6. The van der Waals surface area contributed by atoms with Gasteiger partial charge in [-0.2, -0.15) is 18.4 Å². The molecule has 1 atom stereocenters. The van der Waals surface area contributed by atoms with Gasteiger partial charge in [0.2, 0.25) is 0 Å². The molecule has 1 aromatic heterocycles. The van der Waals surface area contributed by atoms with Crippen molar-refractivity contribution in [3.8, 4) is 6.07 Å². The Hall–Kier alpha value is -4.58. The first-order chi connectivity index (χ1) is 17.6. The molecule has 0 saturated heterocycles. The number of para-hydroxylation sites is 1. The second kappa shape index (κ2) is 10.2. The van der Waals surface area contributed by atoms with Gasteiger partial charge in [0.15, 0.2) is 0 Å². The zero-order valence-electron chi connectivity index (χ0n) is 20.0. The van der Waals surface area contributed by atoms with E-state index >= 15 is 0 Å². The Morgan fingerprint density at radius 2 is 1.76 bits per heavy atom. The zero-order valence-corrected chi connectivity index (χ0v) is 20.0. The fraction of sp³-hybridized carbons (Fsp3) is 0.179. The summed E-state index contributed by atoms with van der Waals surface area (Å²) in [5.41, 5.74) is 1.35. The standard InChI is InChI=1S/C28H22F3N3O3/c1-17(19-10-12-20(13-11-19)27(36)37-2)33-26(35)25-23(15-32)22-8-3-4-9-24(22)34(25)16-18-6-5-7-21(14-18)28(29,30)31/h3-14,17H,16H2,1-2H3,(H,33,35). The molecule has 1 unspecified atom stereocenters. The maximum absolute atomic E-state index is 13.5. The van der Waals surface area contributed by atoms with Crippen molar-refractivity contribution in [3.05, 3.63) is 106 Å². The molecule has 0 aliphatic heterocycles. The Balaban J connectivity index is 1.72. The molecule has 1 amide bonds. The lowest BCUT2D eigenvalue weighted by Crippen LogP contribution is -2.29. The smallest absolute Gasteiger partial charge is 0.416 e. The monoisotopic (exact) mass is 505 g/mol. The minimum atomic E-state index is -4.51. The van der Waals surface area contributed by atoms with Crippen LogP contribution in [0.3, 0.4) is 0 Å². The number of alkyl halides is 3. The van der Waals surface area contributed by atoms with Crippen molar-refractivity contribution < 1.29 is 27.5 Å². The molecule has 6 nitrogen and oxygen atoms in total. The Morgan fingerprint density at radius 3 is 2.41 bits per heavy atom. The third kappa shape index (κ3) is 5.19. The molecule has 9 heteroatoms. The van der Waals surface area contributed by atoms with Crippen LogP contribution in [0.4, 0.5) is 13.2 Å². The zero-order chi connectivity index (χ0) is 26.7. The van der Waals surface area contributed by atoms with E-state index in [-0.39, 0.29) is 17.8 Å². The third-order valence-corrected chi connectivity index (χ3v) is 6.07. The Bertz CT molecular complexity index is 1520. The quantitative estimate of drug-likeness (QED) is 0.333. The van der Waals surface area contributed by atoms with Gasteiger partial charge in [0, 0.05) is 11.9 Å². The lowest BCUT2D eigenvalue weighted by molar-refractivity contribution is -0.137. The van der Waals surface area contributed by atoms with Gasteiger partial charge in [-0.05, 0) is 48.4 Å². The van der Waals surface area contributed by atoms with Crippen LogP contribution in [0.5, 0.6) is 0 Å². The van der Waals surface area contributed by atoms with E-state index in [9.17, 15) is 28.0 Å². The number of hydrogen-bond acceptors (Lipinski definition) is 4. The summed E-state index contributed by atoms with van der Waals surface area (Å²) in [4.78, 5) is 25.2. The van der Waals surface area contributed by atoms with Crippen LogP contribution in [-0.2, 0) is 17.5 Å². The summed E-state index contributed by atoms with van der Waals surface area (Å²) in [5.74, 6) is -1.04. The number of carbonyl (C=O) groups excluding carboxylic acids is 2. The van der Waals surface area contributed by atoms with Gasteiger partial charge in [-0.15, -0.1) is 0 Å². The normalized spacial score (nSPS) is 12.1. The Morgan fingerprint density at radius 1 is 1.05 bits per heavy atom. The topological polar surface area (TPSA) is 84.1 Å². The first-order valence-corrected chi connectivity index (χ1v) is 11.3. The van der Waals surface area contributed by atoms with Crippen molar-refractivity contribution >= 4 is 22.8 Å². The number of nitrogens with one attached hydrogen (secondary N) is 1. The highest BCUT2D eigenvalue weighted by Crippen LogP contribution is 2.31. The van der Waals surface area contributed by atoms with Crippen LogP contribution in [0.1, 0.15) is 56.1 Å². The van der Waals surface area contributed by atoms with Crippen molar-refractivity contribution in [1.82, 2.24) is 9.88 Å². The molecule has 4 aromatic rings. The lowest BCUT2D eigenvalue weighted by atomic mass is 10.1. The highest BCUT2D eigenvalue weighted by atomic mass is 19.4. The molecule has 3 aromatic carbocycles. The Kier molecular flexibility index (Phi) is 7.02. The van der Waals surface area contributed by atoms with Gasteiger partial charge in [0.25, 0.3) is 5.91 Å². The number of carbonyl (C=O) groups is 2. The molecule has 1 heterocycles. The van der Waals surface area contributed by atoms with E-state index in [4.69, 9.17) is 4.74 Å². The van der Waals surface area contributed by atoms with Gasteiger partial charge in [0.1, 0.15) is 11.8 Å². The number of nitriles is 1. The predicted molar refractivity (Wildman–Crippen MR) is 131 cm³/mol. The van der Waals surface area contributed by atoms with Crippen LogP contribution in [0, 0.1) is 11.3 Å². The summed E-state index contributed by atoms with van der Waals surface area (Å²) in [7, 11) is 1.28. The lowest BCUT2D eigenvalue weighted by Gasteiger charge is -2.17. The molecule has 0 radical (unpaired) electrons. The summed E-state index contributed by atoms with van der Waals surface area (Å²) < 4.78 is 46.1. The van der Waals surface area contributed by atoms with Crippen LogP contribution >= 0.6 is 0 Å². The second-order valence-electron chi connectivity index (χ2n) is 8.45. The molecular weight excluding hydrogens is 483 g/mol. The van der Waals surface area contributed by atoms with Gasteiger partial charge in [-0.25, -0.2) is 4.79 Å². The van der Waals surface area contributed by atoms with Crippen molar-refractivity contribution in [1.29, 1.82) is 5.26 Å². The molecule has 1 N–H and O–H groups in total. The van der Waals surface area contributed by atoms with Crippen molar-refractivity contribution in [2.45, 2.75) is 25.7 Å². The molecule has 37 heavy (non-hydrogen) atoms. The number of methoxy groups -OCH3 is 1. The van der Waals surface area contributed by atoms with E-state index in [1.54, 1.807) is 66.1 Å². The SMILES string of the molecule is COC(=O)c1ccc(C(C)NC(=O)c2c(C#N)c3ccccc3n2Cc2cccc(C(F)(F)F)c2)cc1. The van der Waals surface area contributed by atoms with E-state index in [2.05, 4.69) is 11.4 Å². The first kappa shape index (κ1) is 25.5. The van der Waals surface area contributed by atoms with Gasteiger partial charge >= 0.3 is 12.1 Å². The molecule has 0 fully saturated rings. The number of fused-ring (bicyclic) bond motifs is 1. The highest BCUT2D eigenvalue weighted by Gasteiger charge is 2.31. The van der Waals surface area contributed by atoms with Crippen LogP contribution in [0.15, 0.2) is 72.8 Å².